The topological polar surface area (TPSA) is 26.3 Å². The summed E-state index contributed by atoms with van der Waals surface area (Å²) in [6.45, 7) is 4.15. The van der Waals surface area contributed by atoms with Gasteiger partial charge in [0.15, 0.2) is 0 Å². The first kappa shape index (κ1) is 14.7. The van der Waals surface area contributed by atoms with E-state index in [4.69, 9.17) is 27.9 Å². The summed E-state index contributed by atoms with van der Waals surface area (Å²) in [7, 11) is 0. The average Bonchev–Trinajstić information content (AvgIpc) is 2.29. The van der Waals surface area contributed by atoms with Crippen LogP contribution in [0.4, 0.5) is 0 Å². The van der Waals surface area contributed by atoms with Gasteiger partial charge in [-0.25, -0.2) is 0 Å². The molecule has 0 aliphatic carbocycles. The Labute approximate surface area is 116 Å². The van der Waals surface area contributed by atoms with Gasteiger partial charge >= 0.3 is 0 Å². The summed E-state index contributed by atoms with van der Waals surface area (Å²) in [5.41, 5.74) is 1.42. The third-order valence-corrected chi connectivity index (χ3v) is 3.40. The van der Waals surface area contributed by atoms with Crippen LogP contribution in [0.2, 0.25) is 5.02 Å². The third kappa shape index (κ3) is 3.80. The summed E-state index contributed by atoms with van der Waals surface area (Å²) < 4.78 is 5.46. The van der Waals surface area contributed by atoms with Gasteiger partial charge in [0, 0.05) is 11.1 Å². The lowest BCUT2D eigenvalue weighted by Gasteiger charge is -2.12. The standard InChI is InChI=1S/C12H14Cl2O2S/c1-3-17-12(15)9-4-5-10(14)11(8(9)2)16-7-6-13/h4-5H,3,6-7H2,1-2H3. The van der Waals surface area contributed by atoms with Gasteiger partial charge in [0.05, 0.1) is 10.9 Å². The van der Waals surface area contributed by atoms with Crippen LogP contribution in [-0.2, 0) is 0 Å². The van der Waals surface area contributed by atoms with Gasteiger partial charge in [-0.05, 0) is 24.8 Å². The summed E-state index contributed by atoms with van der Waals surface area (Å²) in [5, 5.41) is 0.544. The number of carbonyl (C=O) groups excluding carboxylic acids is 1. The molecule has 0 saturated heterocycles. The second-order valence-electron chi connectivity index (χ2n) is 3.31. The van der Waals surface area contributed by atoms with Gasteiger partial charge in [-0.3, -0.25) is 4.79 Å². The minimum absolute atomic E-state index is 0.0393. The molecule has 0 aliphatic rings. The van der Waals surface area contributed by atoms with Crippen LogP contribution in [0.25, 0.3) is 0 Å². The van der Waals surface area contributed by atoms with Crippen LogP contribution in [0, 0.1) is 6.92 Å². The van der Waals surface area contributed by atoms with Crippen molar-refractivity contribution in [3.63, 3.8) is 0 Å². The van der Waals surface area contributed by atoms with Crippen molar-refractivity contribution >= 4 is 40.1 Å². The van der Waals surface area contributed by atoms with Crippen LogP contribution < -0.4 is 4.74 Å². The Morgan fingerprint density at radius 3 is 2.76 bits per heavy atom. The average molecular weight is 293 g/mol. The molecule has 0 unspecified atom stereocenters. The molecule has 0 radical (unpaired) electrons. The molecular weight excluding hydrogens is 279 g/mol. The molecule has 0 saturated carbocycles. The van der Waals surface area contributed by atoms with E-state index in [0.29, 0.717) is 28.8 Å². The quantitative estimate of drug-likeness (QED) is 0.762. The van der Waals surface area contributed by atoms with Gasteiger partial charge in [-0.15, -0.1) is 11.6 Å². The number of thioether (sulfide) groups is 1. The second-order valence-corrected chi connectivity index (χ2v) is 5.33. The Balaban J connectivity index is 3.05. The summed E-state index contributed by atoms with van der Waals surface area (Å²) in [6, 6.07) is 3.41. The highest BCUT2D eigenvalue weighted by molar-refractivity contribution is 8.14. The number of ether oxygens (including phenoxy) is 1. The van der Waals surface area contributed by atoms with E-state index in [9.17, 15) is 4.79 Å². The number of hydrogen-bond acceptors (Lipinski definition) is 3. The molecule has 2 nitrogen and oxygen atoms in total. The summed E-state index contributed by atoms with van der Waals surface area (Å²) >= 11 is 12.9. The minimum atomic E-state index is 0.0393. The second kappa shape index (κ2) is 7.14. The fourth-order valence-electron chi connectivity index (χ4n) is 1.41. The van der Waals surface area contributed by atoms with Crippen molar-refractivity contribution in [3.05, 3.63) is 28.3 Å². The molecule has 94 valence electrons. The Hall–Kier alpha value is -0.380. The van der Waals surface area contributed by atoms with E-state index in [1.54, 1.807) is 12.1 Å². The highest BCUT2D eigenvalue weighted by Gasteiger charge is 2.15. The monoisotopic (exact) mass is 292 g/mol. The SMILES string of the molecule is CCSC(=O)c1ccc(Cl)c(OCCCl)c1C. The zero-order valence-electron chi connectivity index (χ0n) is 9.76. The molecule has 0 fully saturated rings. The Bertz CT molecular complexity index is 408. The molecule has 0 atom stereocenters. The van der Waals surface area contributed by atoms with Gasteiger partial charge in [-0.2, -0.15) is 0 Å². The van der Waals surface area contributed by atoms with Crippen LogP contribution in [0.5, 0.6) is 5.75 Å². The molecule has 1 aromatic carbocycles. The first-order chi connectivity index (χ1) is 8.11. The Morgan fingerprint density at radius 2 is 2.18 bits per heavy atom. The molecule has 1 rings (SSSR count). The van der Waals surface area contributed by atoms with Crippen molar-refractivity contribution in [2.75, 3.05) is 18.2 Å². The molecule has 5 heteroatoms. The van der Waals surface area contributed by atoms with Crippen LogP contribution in [0.3, 0.4) is 0 Å². The van der Waals surface area contributed by atoms with E-state index in [1.807, 2.05) is 13.8 Å². The van der Waals surface area contributed by atoms with Crippen molar-refractivity contribution in [1.29, 1.82) is 0 Å². The smallest absolute Gasteiger partial charge is 0.219 e. The number of halogens is 2. The van der Waals surface area contributed by atoms with Crippen LogP contribution in [0.15, 0.2) is 12.1 Å². The van der Waals surface area contributed by atoms with E-state index in [2.05, 4.69) is 0 Å². The van der Waals surface area contributed by atoms with Crippen molar-refractivity contribution in [3.8, 4) is 5.75 Å². The normalized spacial score (nSPS) is 10.4. The predicted molar refractivity (Wildman–Crippen MR) is 74.9 cm³/mol. The first-order valence-corrected chi connectivity index (χ1v) is 7.16. The molecule has 0 aliphatic heterocycles. The zero-order valence-corrected chi connectivity index (χ0v) is 12.1. The summed E-state index contributed by atoms with van der Waals surface area (Å²) in [4.78, 5) is 11.8. The molecule has 0 N–H and O–H groups in total. The molecule has 0 spiro atoms. The number of carbonyl (C=O) groups is 1. The van der Waals surface area contributed by atoms with Crippen LogP contribution in [0.1, 0.15) is 22.8 Å². The molecule has 0 amide bonds. The van der Waals surface area contributed by atoms with E-state index in [1.165, 1.54) is 11.8 Å². The number of benzene rings is 1. The number of hydrogen-bond donors (Lipinski definition) is 0. The van der Waals surface area contributed by atoms with Gasteiger partial charge in [-0.1, -0.05) is 30.3 Å². The van der Waals surface area contributed by atoms with Crippen molar-refractivity contribution in [2.45, 2.75) is 13.8 Å². The van der Waals surface area contributed by atoms with Gasteiger partial charge in [0.1, 0.15) is 12.4 Å². The van der Waals surface area contributed by atoms with E-state index >= 15 is 0 Å². The van der Waals surface area contributed by atoms with E-state index in [0.717, 1.165) is 11.3 Å². The van der Waals surface area contributed by atoms with Crippen LogP contribution >= 0.6 is 35.0 Å². The molecular formula is C12H14Cl2O2S. The maximum Gasteiger partial charge on any atom is 0.219 e. The Morgan fingerprint density at radius 1 is 1.47 bits per heavy atom. The predicted octanol–water partition coefficient (Wildman–Crippen LogP) is 4.16. The maximum atomic E-state index is 11.8. The largest absolute Gasteiger partial charge is 0.490 e. The van der Waals surface area contributed by atoms with Crippen molar-refractivity contribution < 1.29 is 9.53 Å². The lowest BCUT2D eigenvalue weighted by molar-refractivity contribution is 0.108. The highest BCUT2D eigenvalue weighted by Crippen LogP contribution is 2.32. The molecule has 0 heterocycles. The summed E-state index contributed by atoms with van der Waals surface area (Å²) in [6.07, 6.45) is 0. The molecule has 0 bridgehead atoms. The molecule has 17 heavy (non-hydrogen) atoms. The Kier molecular flexibility index (Phi) is 6.17. The lowest BCUT2D eigenvalue weighted by atomic mass is 10.1. The highest BCUT2D eigenvalue weighted by atomic mass is 35.5. The minimum Gasteiger partial charge on any atom is -0.490 e. The zero-order chi connectivity index (χ0) is 12.8. The van der Waals surface area contributed by atoms with E-state index < -0.39 is 0 Å². The fourth-order valence-corrected chi connectivity index (χ4v) is 2.38. The number of rotatable bonds is 5. The maximum absolute atomic E-state index is 11.8. The molecule has 0 aromatic heterocycles. The lowest BCUT2D eigenvalue weighted by Crippen LogP contribution is -2.04. The third-order valence-electron chi connectivity index (χ3n) is 2.18. The van der Waals surface area contributed by atoms with Crippen molar-refractivity contribution in [2.24, 2.45) is 0 Å². The van der Waals surface area contributed by atoms with E-state index in [-0.39, 0.29) is 5.12 Å². The van der Waals surface area contributed by atoms with Crippen molar-refractivity contribution in [1.82, 2.24) is 0 Å². The first-order valence-electron chi connectivity index (χ1n) is 5.26. The number of alkyl halides is 1. The van der Waals surface area contributed by atoms with Gasteiger partial charge < -0.3 is 4.74 Å². The summed E-state index contributed by atoms with van der Waals surface area (Å²) in [5.74, 6) is 1.69. The van der Waals surface area contributed by atoms with Gasteiger partial charge in [0.25, 0.3) is 0 Å². The molecule has 1 aromatic rings. The van der Waals surface area contributed by atoms with Gasteiger partial charge in [0.2, 0.25) is 5.12 Å². The fraction of sp³-hybridized carbons (Fsp3) is 0.417. The van der Waals surface area contributed by atoms with Crippen LogP contribution in [-0.4, -0.2) is 23.4 Å².